The Morgan fingerprint density at radius 3 is 2.30 bits per heavy atom. The third kappa shape index (κ3) is 3.95. The quantitative estimate of drug-likeness (QED) is 0.241. The number of Topliss-reactive ketones (excluding diaryl/α,β-unsaturated/α-hetero) is 1. The third-order valence-electron chi connectivity index (χ3n) is 5.29. The van der Waals surface area contributed by atoms with Crippen LogP contribution in [-0.4, -0.2) is 31.4 Å². The molecule has 8 heteroatoms. The van der Waals surface area contributed by atoms with Gasteiger partial charge in [0.2, 0.25) is 5.95 Å². The lowest BCUT2D eigenvalue weighted by atomic mass is 10.1. The van der Waals surface area contributed by atoms with Crippen molar-refractivity contribution in [3.63, 3.8) is 0 Å². The number of carboxylic acids is 1. The zero-order valence-electron chi connectivity index (χ0n) is 17.0. The van der Waals surface area contributed by atoms with Crippen molar-refractivity contribution in [2.75, 3.05) is 0 Å². The number of benzene rings is 3. The number of aromatic nitrogens is 3. The van der Waals surface area contributed by atoms with E-state index in [0.717, 1.165) is 10.9 Å². The molecule has 0 atom stereocenters. The maximum absolute atomic E-state index is 12.7. The topological polar surface area (TPSA) is 85.1 Å². The van der Waals surface area contributed by atoms with E-state index in [0.29, 0.717) is 38.1 Å². The minimum Gasteiger partial charge on any atom is -0.481 e. The summed E-state index contributed by atoms with van der Waals surface area (Å²) in [4.78, 5) is 33.4. The molecule has 0 saturated carbocycles. The molecule has 5 aromatic rings. The van der Waals surface area contributed by atoms with Gasteiger partial charge in [0.15, 0.2) is 5.78 Å². The fraction of sp³-hybridized carbons (Fsp3) is 0.0400. The van der Waals surface area contributed by atoms with Crippen LogP contribution in [0.15, 0.2) is 72.9 Å². The number of aliphatic carboxylic acids is 1. The Balaban J connectivity index is 1.79. The van der Waals surface area contributed by atoms with Gasteiger partial charge in [-0.1, -0.05) is 53.5 Å². The maximum atomic E-state index is 12.7. The number of halogens is 2. The van der Waals surface area contributed by atoms with E-state index in [2.05, 4.69) is 0 Å². The molecule has 33 heavy (non-hydrogen) atoms. The third-order valence-corrected chi connectivity index (χ3v) is 5.76. The lowest BCUT2D eigenvalue weighted by Crippen LogP contribution is -2.07. The molecule has 162 valence electrons. The van der Waals surface area contributed by atoms with E-state index < -0.39 is 18.2 Å². The van der Waals surface area contributed by atoms with Crippen molar-refractivity contribution in [1.82, 2.24) is 14.5 Å². The number of rotatable bonds is 5. The Morgan fingerprint density at radius 1 is 0.879 bits per heavy atom. The van der Waals surface area contributed by atoms with Gasteiger partial charge < -0.3 is 5.11 Å². The summed E-state index contributed by atoms with van der Waals surface area (Å²) in [6, 6.07) is 20.1. The SMILES string of the molecule is O=C(O)CC(=O)c1cn(-c2nc(-c3ccccc3)c3cc(Cl)ccc3n2)c2ccc(Cl)cc12. The van der Waals surface area contributed by atoms with Gasteiger partial charge in [-0.3, -0.25) is 14.2 Å². The Morgan fingerprint density at radius 2 is 1.58 bits per heavy atom. The van der Waals surface area contributed by atoms with Crippen LogP contribution in [0.2, 0.25) is 10.0 Å². The van der Waals surface area contributed by atoms with Crippen molar-refractivity contribution in [3.8, 4) is 17.2 Å². The van der Waals surface area contributed by atoms with Crippen LogP contribution < -0.4 is 0 Å². The van der Waals surface area contributed by atoms with Gasteiger partial charge in [0.1, 0.15) is 6.42 Å². The predicted octanol–water partition coefficient (Wildman–Crippen LogP) is 6.20. The molecule has 6 nitrogen and oxygen atoms in total. The summed E-state index contributed by atoms with van der Waals surface area (Å²) >= 11 is 12.4. The zero-order chi connectivity index (χ0) is 23.1. The lowest BCUT2D eigenvalue weighted by Gasteiger charge is -2.11. The summed E-state index contributed by atoms with van der Waals surface area (Å²) in [5, 5.41) is 11.4. The van der Waals surface area contributed by atoms with Crippen LogP contribution in [0.5, 0.6) is 0 Å². The summed E-state index contributed by atoms with van der Waals surface area (Å²) in [7, 11) is 0. The summed E-state index contributed by atoms with van der Waals surface area (Å²) in [5.74, 6) is -1.39. The molecular weight excluding hydrogens is 461 g/mol. The van der Waals surface area contributed by atoms with Crippen LogP contribution in [0.25, 0.3) is 39.0 Å². The van der Waals surface area contributed by atoms with Crippen molar-refractivity contribution in [3.05, 3.63) is 88.5 Å². The van der Waals surface area contributed by atoms with E-state index >= 15 is 0 Å². The summed E-state index contributed by atoms with van der Waals surface area (Å²) in [6.45, 7) is 0. The number of fused-ring (bicyclic) bond motifs is 2. The fourth-order valence-corrected chi connectivity index (χ4v) is 4.18. The average molecular weight is 476 g/mol. The van der Waals surface area contributed by atoms with Crippen LogP contribution in [0, 0.1) is 0 Å². The molecule has 2 heterocycles. The van der Waals surface area contributed by atoms with E-state index in [1.807, 2.05) is 42.5 Å². The number of carbonyl (C=O) groups is 2. The first kappa shape index (κ1) is 21.1. The molecule has 5 rings (SSSR count). The first-order valence-electron chi connectivity index (χ1n) is 9.99. The van der Waals surface area contributed by atoms with Crippen molar-refractivity contribution in [2.45, 2.75) is 6.42 Å². The highest BCUT2D eigenvalue weighted by atomic mass is 35.5. The zero-order valence-corrected chi connectivity index (χ0v) is 18.5. The van der Waals surface area contributed by atoms with E-state index in [4.69, 9.17) is 38.3 Å². The summed E-state index contributed by atoms with van der Waals surface area (Å²) in [5.41, 5.74) is 3.14. The second-order valence-electron chi connectivity index (χ2n) is 7.47. The largest absolute Gasteiger partial charge is 0.481 e. The summed E-state index contributed by atoms with van der Waals surface area (Å²) < 4.78 is 1.68. The van der Waals surface area contributed by atoms with Gasteiger partial charge >= 0.3 is 5.97 Å². The summed E-state index contributed by atoms with van der Waals surface area (Å²) in [6.07, 6.45) is 0.941. The number of carboxylic acid groups (broad SMARTS) is 1. The molecule has 0 spiro atoms. The molecule has 2 aromatic heterocycles. The Kier molecular flexibility index (Phi) is 5.32. The first-order valence-corrected chi connectivity index (χ1v) is 10.7. The van der Waals surface area contributed by atoms with Gasteiger partial charge in [0, 0.05) is 38.1 Å². The lowest BCUT2D eigenvalue weighted by molar-refractivity contribution is -0.135. The number of hydrogen-bond acceptors (Lipinski definition) is 4. The van der Waals surface area contributed by atoms with Crippen molar-refractivity contribution >= 4 is 56.8 Å². The van der Waals surface area contributed by atoms with Crippen LogP contribution in [0.1, 0.15) is 16.8 Å². The highest BCUT2D eigenvalue weighted by Crippen LogP contribution is 2.32. The Bertz CT molecular complexity index is 1560. The molecule has 0 aliphatic heterocycles. The van der Waals surface area contributed by atoms with Crippen LogP contribution in [0.3, 0.4) is 0 Å². The highest BCUT2D eigenvalue weighted by molar-refractivity contribution is 6.32. The number of carbonyl (C=O) groups excluding carboxylic acids is 1. The normalized spacial score (nSPS) is 11.2. The molecule has 0 amide bonds. The van der Waals surface area contributed by atoms with E-state index in [-0.39, 0.29) is 5.56 Å². The van der Waals surface area contributed by atoms with Gasteiger partial charge in [-0.25, -0.2) is 9.97 Å². The van der Waals surface area contributed by atoms with Crippen molar-refractivity contribution in [1.29, 1.82) is 0 Å². The number of hydrogen-bond donors (Lipinski definition) is 1. The smallest absolute Gasteiger partial charge is 0.311 e. The minimum absolute atomic E-state index is 0.246. The van der Waals surface area contributed by atoms with E-state index in [9.17, 15) is 9.59 Å². The van der Waals surface area contributed by atoms with Crippen LogP contribution >= 0.6 is 23.2 Å². The Hall–Kier alpha value is -3.74. The van der Waals surface area contributed by atoms with Gasteiger partial charge in [-0.15, -0.1) is 0 Å². The standard InChI is InChI=1S/C25H15Cl2N3O3/c26-15-6-8-20-18(11-15)24(14-4-2-1-3-5-14)29-25(28-20)30-13-19(22(31)12-23(32)33)17-10-16(27)7-9-21(17)30/h1-11,13H,12H2,(H,32,33). The van der Waals surface area contributed by atoms with Crippen molar-refractivity contribution in [2.24, 2.45) is 0 Å². The molecule has 1 N–H and O–H groups in total. The van der Waals surface area contributed by atoms with Crippen LogP contribution in [-0.2, 0) is 4.79 Å². The number of ketones is 1. The molecule has 0 saturated heterocycles. The number of nitrogens with zero attached hydrogens (tertiary/aromatic N) is 3. The molecule has 0 radical (unpaired) electrons. The molecular formula is C25H15Cl2N3O3. The van der Waals surface area contributed by atoms with Gasteiger partial charge in [0.25, 0.3) is 0 Å². The molecule has 0 aliphatic carbocycles. The predicted molar refractivity (Wildman–Crippen MR) is 128 cm³/mol. The van der Waals surface area contributed by atoms with Gasteiger partial charge in [-0.05, 0) is 36.4 Å². The van der Waals surface area contributed by atoms with Gasteiger partial charge in [-0.2, -0.15) is 0 Å². The first-order chi connectivity index (χ1) is 15.9. The molecule has 0 unspecified atom stereocenters. The Labute approximate surface area is 198 Å². The van der Waals surface area contributed by atoms with Gasteiger partial charge in [0.05, 0.1) is 16.7 Å². The van der Waals surface area contributed by atoms with E-state index in [1.54, 1.807) is 35.0 Å². The molecule has 0 fully saturated rings. The molecule has 0 aliphatic rings. The minimum atomic E-state index is -1.20. The fourth-order valence-electron chi connectivity index (χ4n) is 3.83. The van der Waals surface area contributed by atoms with E-state index in [1.165, 1.54) is 0 Å². The average Bonchev–Trinajstić information content (AvgIpc) is 3.17. The monoisotopic (exact) mass is 475 g/mol. The maximum Gasteiger partial charge on any atom is 0.311 e. The molecule has 3 aromatic carbocycles. The molecule has 0 bridgehead atoms. The van der Waals surface area contributed by atoms with Crippen molar-refractivity contribution < 1.29 is 14.7 Å². The van der Waals surface area contributed by atoms with Crippen LogP contribution in [0.4, 0.5) is 0 Å². The highest BCUT2D eigenvalue weighted by Gasteiger charge is 2.20. The second-order valence-corrected chi connectivity index (χ2v) is 8.34. The second kappa shape index (κ2) is 8.31.